The SMILES string of the molecule is C=C/C=C1/CC(C)C(C)C/C1=C/C=C. The van der Waals surface area contributed by atoms with Gasteiger partial charge in [-0.3, -0.25) is 0 Å². The van der Waals surface area contributed by atoms with Gasteiger partial charge < -0.3 is 0 Å². The van der Waals surface area contributed by atoms with Crippen molar-refractivity contribution in [1.82, 2.24) is 0 Å². The van der Waals surface area contributed by atoms with E-state index in [0.29, 0.717) is 0 Å². The highest BCUT2D eigenvalue weighted by molar-refractivity contribution is 5.37. The minimum absolute atomic E-state index is 0.781. The van der Waals surface area contributed by atoms with Crippen LogP contribution >= 0.6 is 0 Å². The van der Waals surface area contributed by atoms with Gasteiger partial charge in [0.1, 0.15) is 0 Å². The lowest BCUT2D eigenvalue weighted by Crippen LogP contribution is -2.17. The third kappa shape index (κ3) is 2.47. The van der Waals surface area contributed by atoms with Gasteiger partial charge in [-0.25, -0.2) is 0 Å². The van der Waals surface area contributed by atoms with Crippen molar-refractivity contribution in [3.05, 3.63) is 48.6 Å². The minimum Gasteiger partial charge on any atom is -0.0991 e. The Morgan fingerprint density at radius 3 is 1.57 bits per heavy atom. The van der Waals surface area contributed by atoms with Crippen molar-refractivity contribution in [2.45, 2.75) is 26.7 Å². The van der Waals surface area contributed by atoms with Gasteiger partial charge in [-0.15, -0.1) is 0 Å². The van der Waals surface area contributed by atoms with Crippen LogP contribution in [0.4, 0.5) is 0 Å². The van der Waals surface area contributed by atoms with Gasteiger partial charge in [0.05, 0.1) is 0 Å². The maximum atomic E-state index is 3.76. The molecule has 0 aromatic carbocycles. The molecule has 1 rings (SSSR count). The molecule has 1 aliphatic rings. The Morgan fingerprint density at radius 1 is 0.929 bits per heavy atom. The molecule has 0 heteroatoms. The van der Waals surface area contributed by atoms with Crippen molar-refractivity contribution in [3.63, 3.8) is 0 Å². The largest absolute Gasteiger partial charge is 0.0991 e. The fraction of sp³-hybridized carbons (Fsp3) is 0.429. The average molecular weight is 188 g/mol. The molecule has 0 heterocycles. The summed E-state index contributed by atoms with van der Waals surface area (Å²) in [6.45, 7) is 12.2. The quantitative estimate of drug-likeness (QED) is 0.607. The van der Waals surface area contributed by atoms with Gasteiger partial charge >= 0.3 is 0 Å². The molecule has 2 unspecified atom stereocenters. The summed E-state index contributed by atoms with van der Waals surface area (Å²) >= 11 is 0. The van der Waals surface area contributed by atoms with Gasteiger partial charge in [0, 0.05) is 0 Å². The monoisotopic (exact) mass is 188 g/mol. The summed E-state index contributed by atoms with van der Waals surface area (Å²) in [5.41, 5.74) is 2.87. The van der Waals surface area contributed by atoms with Crippen LogP contribution in [0.3, 0.4) is 0 Å². The van der Waals surface area contributed by atoms with E-state index in [2.05, 4.69) is 39.2 Å². The summed E-state index contributed by atoms with van der Waals surface area (Å²) in [4.78, 5) is 0. The van der Waals surface area contributed by atoms with Gasteiger partial charge in [-0.1, -0.05) is 51.3 Å². The van der Waals surface area contributed by atoms with E-state index in [1.807, 2.05) is 12.2 Å². The molecule has 0 saturated heterocycles. The van der Waals surface area contributed by atoms with Crippen molar-refractivity contribution < 1.29 is 0 Å². The maximum absolute atomic E-state index is 3.76. The molecular formula is C14H20. The van der Waals surface area contributed by atoms with Crippen LogP contribution in [0.5, 0.6) is 0 Å². The molecule has 14 heavy (non-hydrogen) atoms. The summed E-state index contributed by atoms with van der Waals surface area (Å²) in [7, 11) is 0. The molecule has 0 radical (unpaired) electrons. The van der Waals surface area contributed by atoms with Crippen LogP contribution in [0, 0.1) is 11.8 Å². The summed E-state index contributed by atoms with van der Waals surface area (Å²) in [6.07, 6.45) is 10.4. The lowest BCUT2D eigenvalue weighted by Gasteiger charge is -2.29. The normalized spacial score (nSPS) is 33.3. The predicted molar refractivity (Wildman–Crippen MR) is 64.1 cm³/mol. The van der Waals surface area contributed by atoms with E-state index in [1.54, 1.807) is 0 Å². The van der Waals surface area contributed by atoms with Crippen LogP contribution in [0.15, 0.2) is 48.6 Å². The Kier molecular flexibility index (Phi) is 3.94. The van der Waals surface area contributed by atoms with Crippen molar-refractivity contribution in [3.8, 4) is 0 Å². The fourth-order valence-corrected chi connectivity index (χ4v) is 1.99. The zero-order valence-electron chi connectivity index (χ0n) is 9.29. The summed E-state index contributed by atoms with van der Waals surface area (Å²) in [5, 5.41) is 0. The second kappa shape index (κ2) is 4.99. The molecule has 1 saturated carbocycles. The Labute approximate surface area is 87.7 Å². The van der Waals surface area contributed by atoms with E-state index in [1.165, 1.54) is 24.0 Å². The van der Waals surface area contributed by atoms with E-state index in [4.69, 9.17) is 0 Å². The van der Waals surface area contributed by atoms with Crippen LogP contribution in [-0.4, -0.2) is 0 Å². The molecule has 0 amide bonds. The Bertz CT molecular complexity index is 248. The van der Waals surface area contributed by atoms with Gasteiger partial charge in [0.2, 0.25) is 0 Å². The average Bonchev–Trinajstić information content (AvgIpc) is 2.14. The lowest BCUT2D eigenvalue weighted by atomic mass is 9.76. The van der Waals surface area contributed by atoms with Crippen LogP contribution in [-0.2, 0) is 0 Å². The van der Waals surface area contributed by atoms with Crippen LogP contribution in [0.1, 0.15) is 26.7 Å². The highest BCUT2D eigenvalue weighted by Gasteiger charge is 2.22. The van der Waals surface area contributed by atoms with E-state index in [-0.39, 0.29) is 0 Å². The summed E-state index contributed by atoms with van der Waals surface area (Å²) < 4.78 is 0. The molecule has 0 nitrogen and oxygen atoms in total. The first-order valence-corrected chi connectivity index (χ1v) is 5.32. The molecule has 0 N–H and O–H groups in total. The highest BCUT2D eigenvalue weighted by atomic mass is 14.3. The van der Waals surface area contributed by atoms with E-state index in [0.717, 1.165) is 11.8 Å². The number of hydrogen-bond donors (Lipinski definition) is 0. The number of hydrogen-bond acceptors (Lipinski definition) is 0. The second-order valence-electron chi connectivity index (χ2n) is 4.22. The van der Waals surface area contributed by atoms with Crippen molar-refractivity contribution >= 4 is 0 Å². The molecule has 0 spiro atoms. The number of allylic oxidation sites excluding steroid dienone is 6. The zero-order chi connectivity index (χ0) is 10.6. The number of rotatable bonds is 2. The van der Waals surface area contributed by atoms with Gasteiger partial charge in [-0.05, 0) is 35.8 Å². The molecule has 2 atom stereocenters. The molecule has 0 aliphatic heterocycles. The third-order valence-electron chi connectivity index (χ3n) is 3.11. The molecule has 0 aromatic heterocycles. The highest BCUT2D eigenvalue weighted by Crippen LogP contribution is 2.36. The third-order valence-corrected chi connectivity index (χ3v) is 3.11. The maximum Gasteiger partial charge on any atom is -0.0248 e. The van der Waals surface area contributed by atoms with Crippen molar-refractivity contribution in [1.29, 1.82) is 0 Å². The van der Waals surface area contributed by atoms with Gasteiger partial charge in [-0.2, -0.15) is 0 Å². The van der Waals surface area contributed by atoms with Crippen molar-refractivity contribution in [2.24, 2.45) is 11.8 Å². The molecule has 0 aromatic rings. The van der Waals surface area contributed by atoms with E-state index < -0.39 is 0 Å². The molecular weight excluding hydrogens is 168 g/mol. The minimum atomic E-state index is 0.781. The Balaban J connectivity index is 2.91. The van der Waals surface area contributed by atoms with E-state index in [9.17, 15) is 0 Å². The molecule has 0 bridgehead atoms. The lowest BCUT2D eigenvalue weighted by molar-refractivity contribution is 0.358. The summed E-state index contributed by atoms with van der Waals surface area (Å²) in [6, 6.07) is 0. The Hall–Kier alpha value is -1.04. The smallest absolute Gasteiger partial charge is 0.0248 e. The Morgan fingerprint density at radius 2 is 1.29 bits per heavy atom. The second-order valence-corrected chi connectivity index (χ2v) is 4.22. The standard InChI is InChI=1S/C14H20/c1-5-7-13-9-11(3)12(4)10-14(13)8-6-2/h5-8,11-12H,1-2,9-10H2,3-4H3/b13-7-,14-8-. The van der Waals surface area contributed by atoms with Gasteiger partial charge in [0.25, 0.3) is 0 Å². The van der Waals surface area contributed by atoms with Crippen LogP contribution in [0.25, 0.3) is 0 Å². The van der Waals surface area contributed by atoms with Gasteiger partial charge in [0.15, 0.2) is 0 Å². The zero-order valence-corrected chi connectivity index (χ0v) is 9.29. The molecule has 76 valence electrons. The van der Waals surface area contributed by atoms with Crippen molar-refractivity contribution in [2.75, 3.05) is 0 Å². The molecule has 1 fully saturated rings. The van der Waals surface area contributed by atoms with E-state index >= 15 is 0 Å². The first kappa shape index (κ1) is 11.0. The fourth-order valence-electron chi connectivity index (χ4n) is 1.99. The first-order valence-electron chi connectivity index (χ1n) is 5.32. The molecule has 1 aliphatic carbocycles. The predicted octanol–water partition coefficient (Wildman–Crippen LogP) is 4.28. The van der Waals surface area contributed by atoms with Crippen LogP contribution in [0.2, 0.25) is 0 Å². The van der Waals surface area contributed by atoms with Crippen LogP contribution < -0.4 is 0 Å². The first-order chi connectivity index (χ1) is 6.69. The summed E-state index contributed by atoms with van der Waals surface area (Å²) in [5.74, 6) is 1.56. The topological polar surface area (TPSA) is 0 Å².